The summed E-state index contributed by atoms with van der Waals surface area (Å²) in [6.07, 6.45) is 0. The first kappa shape index (κ1) is 19.2. The number of piperazine rings is 1. The zero-order valence-electron chi connectivity index (χ0n) is 16.0. The van der Waals surface area contributed by atoms with Crippen LogP contribution in [0.25, 0.3) is 0 Å². The lowest BCUT2D eigenvalue weighted by molar-refractivity contribution is -0.120. The molecule has 2 aromatic rings. The first-order chi connectivity index (χ1) is 13.0. The van der Waals surface area contributed by atoms with E-state index >= 15 is 0 Å². The fourth-order valence-electron chi connectivity index (χ4n) is 3.37. The van der Waals surface area contributed by atoms with Crippen molar-refractivity contribution in [2.24, 2.45) is 0 Å². The zero-order chi connectivity index (χ0) is 19.4. The Hall–Kier alpha value is -2.60. The number of halogens is 1. The molecule has 1 heterocycles. The summed E-state index contributed by atoms with van der Waals surface area (Å²) in [6.45, 7) is 6.92. The highest BCUT2D eigenvalue weighted by molar-refractivity contribution is 5.95. The predicted molar refractivity (Wildman–Crippen MR) is 106 cm³/mol. The van der Waals surface area contributed by atoms with Crippen LogP contribution in [-0.2, 0) is 4.79 Å². The smallest absolute Gasteiger partial charge is 0.241 e. The summed E-state index contributed by atoms with van der Waals surface area (Å²) in [5.74, 6) is 0.390. The standard InChI is InChI=1S/C21H26FN3O2/c1-15-8-9-17(22)14-18(15)23-21(26)16(2)24-10-12-25(13-11-24)19-6-4-5-7-20(19)27-3/h4-9,14,16H,10-13H2,1-3H3,(H,23,26). The highest BCUT2D eigenvalue weighted by Gasteiger charge is 2.26. The average molecular weight is 371 g/mol. The minimum Gasteiger partial charge on any atom is -0.495 e. The maximum absolute atomic E-state index is 13.4. The fourth-order valence-corrected chi connectivity index (χ4v) is 3.37. The van der Waals surface area contributed by atoms with E-state index in [1.807, 2.05) is 32.0 Å². The third-order valence-corrected chi connectivity index (χ3v) is 5.12. The van der Waals surface area contributed by atoms with Crippen LogP contribution in [0.4, 0.5) is 15.8 Å². The van der Waals surface area contributed by atoms with Crippen molar-refractivity contribution in [1.29, 1.82) is 0 Å². The molecule has 0 spiro atoms. The van der Waals surface area contributed by atoms with Gasteiger partial charge in [-0.1, -0.05) is 18.2 Å². The molecule has 1 amide bonds. The Kier molecular flexibility index (Phi) is 5.96. The van der Waals surface area contributed by atoms with Crippen LogP contribution < -0.4 is 15.0 Å². The molecule has 27 heavy (non-hydrogen) atoms. The molecule has 2 aromatic carbocycles. The molecule has 1 N–H and O–H groups in total. The number of carbonyl (C=O) groups is 1. The number of amides is 1. The van der Waals surface area contributed by atoms with Gasteiger partial charge in [-0.2, -0.15) is 0 Å². The number of carbonyl (C=O) groups excluding carboxylic acids is 1. The van der Waals surface area contributed by atoms with Gasteiger partial charge >= 0.3 is 0 Å². The lowest BCUT2D eigenvalue weighted by Gasteiger charge is -2.38. The molecule has 1 unspecified atom stereocenters. The highest BCUT2D eigenvalue weighted by Crippen LogP contribution is 2.28. The summed E-state index contributed by atoms with van der Waals surface area (Å²) in [5.41, 5.74) is 2.45. The van der Waals surface area contributed by atoms with Gasteiger partial charge in [-0.25, -0.2) is 4.39 Å². The number of aryl methyl sites for hydroxylation is 1. The lowest BCUT2D eigenvalue weighted by Crippen LogP contribution is -2.52. The van der Waals surface area contributed by atoms with Crippen LogP contribution in [0.15, 0.2) is 42.5 Å². The van der Waals surface area contributed by atoms with E-state index in [4.69, 9.17) is 4.74 Å². The van der Waals surface area contributed by atoms with Gasteiger partial charge in [-0.3, -0.25) is 9.69 Å². The maximum atomic E-state index is 13.4. The lowest BCUT2D eigenvalue weighted by atomic mass is 10.1. The van der Waals surface area contributed by atoms with Crippen LogP contribution in [0.1, 0.15) is 12.5 Å². The van der Waals surface area contributed by atoms with E-state index < -0.39 is 0 Å². The Morgan fingerprint density at radius 1 is 1.15 bits per heavy atom. The monoisotopic (exact) mass is 371 g/mol. The second-order valence-electron chi connectivity index (χ2n) is 6.82. The number of hydrogen-bond donors (Lipinski definition) is 1. The molecule has 3 rings (SSSR count). The molecule has 1 aliphatic heterocycles. The van der Waals surface area contributed by atoms with Crippen LogP contribution >= 0.6 is 0 Å². The number of benzene rings is 2. The molecule has 1 saturated heterocycles. The molecule has 0 radical (unpaired) electrons. The van der Waals surface area contributed by atoms with E-state index in [2.05, 4.69) is 21.2 Å². The van der Waals surface area contributed by atoms with Crippen LogP contribution in [-0.4, -0.2) is 50.1 Å². The Balaban J connectivity index is 1.60. The molecule has 1 atom stereocenters. The van der Waals surface area contributed by atoms with Gasteiger partial charge in [0.1, 0.15) is 11.6 Å². The van der Waals surface area contributed by atoms with Crippen molar-refractivity contribution < 1.29 is 13.9 Å². The van der Waals surface area contributed by atoms with Gasteiger partial charge in [0.25, 0.3) is 0 Å². The fraction of sp³-hybridized carbons (Fsp3) is 0.381. The summed E-state index contributed by atoms with van der Waals surface area (Å²) >= 11 is 0. The maximum Gasteiger partial charge on any atom is 0.241 e. The minimum absolute atomic E-state index is 0.116. The van der Waals surface area contributed by atoms with Gasteiger partial charge in [0.05, 0.1) is 18.8 Å². The number of methoxy groups -OCH3 is 1. The van der Waals surface area contributed by atoms with Gasteiger partial charge in [0, 0.05) is 31.9 Å². The van der Waals surface area contributed by atoms with Gasteiger partial charge in [0.2, 0.25) is 5.91 Å². The topological polar surface area (TPSA) is 44.8 Å². The van der Waals surface area contributed by atoms with E-state index in [0.29, 0.717) is 5.69 Å². The third-order valence-electron chi connectivity index (χ3n) is 5.12. The molecule has 6 heteroatoms. The average Bonchev–Trinajstić information content (AvgIpc) is 2.70. The second kappa shape index (κ2) is 8.39. The molecule has 0 aromatic heterocycles. The van der Waals surface area contributed by atoms with Crippen molar-refractivity contribution in [2.75, 3.05) is 43.5 Å². The van der Waals surface area contributed by atoms with Crippen LogP contribution in [0.3, 0.4) is 0 Å². The molecule has 0 bridgehead atoms. The number of para-hydroxylation sites is 2. The summed E-state index contributed by atoms with van der Waals surface area (Å²) in [4.78, 5) is 17.0. The van der Waals surface area contributed by atoms with Gasteiger partial charge < -0.3 is 15.0 Å². The van der Waals surface area contributed by atoms with Crippen molar-refractivity contribution in [3.63, 3.8) is 0 Å². The Morgan fingerprint density at radius 2 is 1.85 bits per heavy atom. The van der Waals surface area contributed by atoms with Crippen molar-refractivity contribution in [3.05, 3.63) is 53.8 Å². The predicted octanol–water partition coefficient (Wildman–Crippen LogP) is 3.29. The van der Waals surface area contributed by atoms with Gasteiger partial charge in [-0.05, 0) is 43.7 Å². The highest BCUT2D eigenvalue weighted by atomic mass is 19.1. The Morgan fingerprint density at radius 3 is 2.56 bits per heavy atom. The number of rotatable bonds is 5. The molecular formula is C21H26FN3O2. The van der Waals surface area contributed by atoms with E-state index in [1.54, 1.807) is 13.2 Å². The zero-order valence-corrected chi connectivity index (χ0v) is 16.0. The summed E-state index contributed by atoms with van der Waals surface area (Å²) in [5, 5.41) is 2.86. The normalized spacial score (nSPS) is 16.1. The minimum atomic E-state index is -0.353. The van der Waals surface area contributed by atoms with Gasteiger partial charge in [-0.15, -0.1) is 0 Å². The summed E-state index contributed by atoms with van der Waals surface area (Å²) in [6, 6.07) is 12.1. The van der Waals surface area contributed by atoms with Crippen molar-refractivity contribution in [2.45, 2.75) is 19.9 Å². The molecule has 5 nitrogen and oxygen atoms in total. The number of nitrogens with one attached hydrogen (secondary N) is 1. The molecule has 0 saturated carbocycles. The molecule has 0 aliphatic carbocycles. The number of ether oxygens (including phenoxy) is 1. The summed E-state index contributed by atoms with van der Waals surface area (Å²) in [7, 11) is 1.68. The Labute approximate surface area is 159 Å². The van der Waals surface area contributed by atoms with E-state index in [1.165, 1.54) is 12.1 Å². The quantitative estimate of drug-likeness (QED) is 0.876. The van der Waals surface area contributed by atoms with E-state index in [9.17, 15) is 9.18 Å². The van der Waals surface area contributed by atoms with Gasteiger partial charge in [0.15, 0.2) is 0 Å². The van der Waals surface area contributed by atoms with E-state index in [-0.39, 0.29) is 17.8 Å². The van der Waals surface area contributed by atoms with Crippen molar-refractivity contribution in [1.82, 2.24) is 4.90 Å². The van der Waals surface area contributed by atoms with Crippen LogP contribution in [0.5, 0.6) is 5.75 Å². The number of anilines is 2. The number of nitrogens with zero attached hydrogens (tertiary/aromatic N) is 2. The molecule has 144 valence electrons. The first-order valence-corrected chi connectivity index (χ1v) is 9.18. The summed E-state index contributed by atoms with van der Waals surface area (Å²) < 4.78 is 18.9. The first-order valence-electron chi connectivity index (χ1n) is 9.18. The second-order valence-corrected chi connectivity index (χ2v) is 6.82. The number of hydrogen-bond acceptors (Lipinski definition) is 4. The Bertz CT molecular complexity index is 804. The molecular weight excluding hydrogens is 345 g/mol. The SMILES string of the molecule is COc1ccccc1N1CCN(C(C)C(=O)Nc2cc(F)ccc2C)CC1. The largest absolute Gasteiger partial charge is 0.495 e. The third kappa shape index (κ3) is 4.39. The molecule has 1 aliphatic rings. The van der Waals surface area contributed by atoms with Crippen molar-refractivity contribution in [3.8, 4) is 5.75 Å². The molecule has 1 fully saturated rings. The van der Waals surface area contributed by atoms with Crippen LogP contribution in [0.2, 0.25) is 0 Å². The van der Waals surface area contributed by atoms with Crippen molar-refractivity contribution >= 4 is 17.3 Å². The van der Waals surface area contributed by atoms with E-state index in [0.717, 1.165) is 43.2 Å². The van der Waals surface area contributed by atoms with Crippen LogP contribution in [0, 0.1) is 12.7 Å².